The summed E-state index contributed by atoms with van der Waals surface area (Å²) < 4.78 is 60.4. The van der Waals surface area contributed by atoms with Crippen LogP contribution in [0.4, 0.5) is 8.78 Å². The average Bonchev–Trinajstić information content (AvgIpc) is 2.92. The van der Waals surface area contributed by atoms with Crippen LogP contribution >= 0.6 is 0 Å². The van der Waals surface area contributed by atoms with Crippen LogP contribution in [0.15, 0.2) is 106 Å². The highest BCUT2D eigenvalue weighted by atomic mass is 32.2. The highest BCUT2D eigenvalue weighted by Crippen LogP contribution is 2.61. The molecule has 0 saturated heterocycles. The number of esters is 1. The highest BCUT2D eigenvalue weighted by molar-refractivity contribution is 7.97. The van der Waals surface area contributed by atoms with E-state index in [0.29, 0.717) is 32.1 Å². The lowest BCUT2D eigenvalue weighted by Gasteiger charge is -2.59. The molecule has 218 valence electrons. The largest absolute Gasteiger partial charge is 0.465 e. The molecule has 2 atom stereocenters. The molecule has 10 heteroatoms. The average molecular weight is 604 g/mol. The zero-order valence-electron chi connectivity index (χ0n) is 22.4. The second-order valence-electron chi connectivity index (χ2n) is 11.5. The van der Waals surface area contributed by atoms with E-state index in [-0.39, 0.29) is 29.3 Å². The normalized spacial score (nSPS) is 26.8. The summed E-state index contributed by atoms with van der Waals surface area (Å²) in [6, 6.07) is 32.2. The summed E-state index contributed by atoms with van der Waals surface area (Å²) >= 11 is 0. The van der Waals surface area contributed by atoms with Gasteiger partial charge in [-0.05, 0) is 86.8 Å². The van der Waals surface area contributed by atoms with Crippen LogP contribution in [0.2, 0.25) is 0 Å². The van der Waals surface area contributed by atoms with E-state index in [4.69, 9.17) is 4.55 Å². The van der Waals surface area contributed by atoms with Crippen LogP contribution < -0.4 is 0 Å². The topological polar surface area (TPSA) is 101 Å². The molecule has 0 aliphatic heterocycles. The Labute approximate surface area is 241 Å². The molecule has 0 spiro atoms. The first-order valence-corrected chi connectivity index (χ1v) is 16.2. The van der Waals surface area contributed by atoms with E-state index in [9.17, 15) is 27.1 Å². The van der Waals surface area contributed by atoms with Crippen molar-refractivity contribution in [2.45, 2.75) is 64.1 Å². The molecule has 2 unspecified atom stereocenters. The molecule has 4 aliphatic rings. The second-order valence-corrected chi connectivity index (χ2v) is 15.0. The van der Waals surface area contributed by atoms with Crippen LogP contribution in [-0.2, 0) is 30.5 Å². The first-order chi connectivity index (χ1) is 19.4. The van der Waals surface area contributed by atoms with Gasteiger partial charge in [-0.25, -0.2) is 4.79 Å². The van der Waals surface area contributed by atoms with Gasteiger partial charge in [0.05, 0.1) is 23.1 Å². The molecule has 7 rings (SSSR count). The molecule has 4 saturated carbocycles. The molecule has 3 aromatic carbocycles. The minimum absolute atomic E-state index is 0.0146. The lowest BCUT2D eigenvalue weighted by Crippen LogP contribution is -2.57. The Bertz CT molecular complexity index is 1340. The number of alkyl halides is 2. The van der Waals surface area contributed by atoms with Gasteiger partial charge in [-0.3, -0.25) is 4.55 Å². The molecule has 4 bridgehead atoms. The molecule has 0 heterocycles. The third kappa shape index (κ3) is 6.51. The molecule has 4 aliphatic carbocycles. The number of carbonyl (C=O) groups excluding carboxylic acids is 1. The summed E-state index contributed by atoms with van der Waals surface area (Å²) in [4.78, 5) is 15.4. The Morgan fingerprint density at radius 2 is 1.24 bits per heavy atom. The fraction of sp³-hybridized carbons (Fsp3) is 0.387. The fourth-order valence-corrected chi connectivity index (χ4v) is 9.43. The van der Waals surface area contributed by atoms with E-state index in [2.05, 4.69) is 95.7 Å². The van der Waals surface area contributed by atoms with Gasteiger partial charge in [0.25, 0.3) is 0 Å². The molecule has 0 radical (unpaired) electrons. The van der Waals surface area contributed by atoms with Crippen molar-refractivity contribution < 1.29 is 36.4 Å². The van der Waals surface area contributed by atoms with E-state index >= 15 is 0 Å². The van der Waals surface area contributed by atoms with E-state index in [1.165, 1.54) is 14.7 Å². The van der Waals surface area contributed by atoms with Crippen molar-refractivity contribution >= 4 is 27.0 Å². The number of hydrogen-bond donors (Lipinski definition) is 2. The predicted molar refractivity (Wildman–Crippen MR) is 151 cm³/mol. The molecule has 0 aromatic heterocycles. The third-order valence-electron chi connectivity index (χ3n) is 8.16. The Hall–Kier alpha value is -2.79. The first kappa shape index (κ1) is 29.7. The maximum atomic E-state index is 13.2. The Kier molecular flexibility index (Phi) is 8.31. The minimum Gasteiger partial charge on any atom is -0.460 e. The highest BCUT2D eigenvalue weighted by Gasteiger charge is 2.59. The van der Waals surface area contributed by atoms with Gasteiger partial charge < -0.3 is 9.84 Å². The van der Waals surface area contributed by atoms with Crippen molar-refractivity contribution in [3.63, 3.8) is 0 Å². The van der Waals surface area contributed by atoms with Crippen molar-refractivity contribution in [1.29, 1.82) is 0 Å². The second kappa shape index (κ2) is 11.5. The minimum atomic E-state index is -5.85. The number of carbonyl (C=O) groups is 1. The molecule has 3 aromatic rings. The third-order valence-corrected chi connectivity index (χ3v) is 11.2. The molecule has 41 heavy (non-hydrogen) atoms. The predicted octanol–water partition coefficient (Wildman–Crippen LogP) is 6.12. The van der Waals surface area contributed by atoms with E-state index < -0.39 is 32.4 Å². The van der Waals surface area contributed by atoms with Gasteiger partial charge in [0.15, 0.2) is 14.7 Å². The van der Waals surface area contributed by atoms with Crippen LogP contribution in [0.25, 0.3) is 0 Å². The molecule has 0 amide bonds. The summed E-state index contributed by atoms with van der Waals surface area (Å²) in [5.41, 5.74) is -1.40. The first-order valence-electron chi connectivity index (χ1n) is 13.5. The Morgan fingerprint density at radius 3 is 1.61 bits per heavy atom. The van der Waals surface area contributed by atoms with Crippen LogP contribution in [0, 0.1) is 17.3 Å². The Morgan fingerprint density at radius 1 is 0.829 bits per heavy atom. The summed E-state index contributed by atoms with van der Waals surface area (Å²) in [6.07, 6.45) is 4.07. The zero-order chi connectivity index (χ0) is 29.3. The van der Waals surface area contributed by atoms with Gasteiger partial charge in [0, 0.05) is 5.41 Å². The molecule has 2 N–H and O–H groups in total. The van der Waals surface area contributed by atoms with Crippen molar-refractivity contribution in [2.24, 2.45) is 17.3 Å². The molecular weight excluding hydrogens is 570 g/mol. The number of aliphatic hydroxyl groups is 1. The van der Waals surface area contributed by atoms with Crippen molar-refractivity contribution in [3.8, 4) is 0 Å². The van der Waals surface area contributed by atoms with Crippen molar-refractivity contribution in [2.75, 3.05) is 6.61 Å². The van der Waals surface area contributed by atoms with Crippen molar-refractivity contribution in [1.82, 2.24) is 0 Å². The number of hydrogen-bond acceptors (Lipinski definition) is 5. The van der Waals surface area contributed by atoms with Crippen LogP contribution in [-0.4, -0.2) is 41.5 Å². The fourth-order valence-electron chi connectivity index (χ4n) is 7.06. The molecule has 6 nitrogen and oxygen atoms in total. The Balaban J connectivity index is 0.000000166. The van der Waals surface area contributed by atoms with Gasteiger partial charge in [0.2, 0.25) is 0 Å². The monoisotopic (exact) mass is 603 g/mol. The summed E-state index contributed by atoms with van der Waals surface area (Å²) in [6.45, 7) is -0.355. The van der Waals surface area contributed by atoms with Crippen LogP contribution in [0.1, 0.15) is 38.5 Å². The smallest absolute Gasteiger partial charge is 0.460 e. The molecular formula is C31H33F2O6S2+. The maximum absolute atomic E-state index is 13.2. The van der Waals surface area contributed by atoms with Gasteiger partial charge in [-0.2, -0.15) is 17.2 Å². The number of benzene rings is 3. The summed E-state index contributed by atoms with van der Waals surface area (Å²) in [7, 11) is -5.86. The van der Waals surface area contributed by atoms with Crippen LogP contribution in [0.3, 0.4) is 0 Å². The standard InChI is InChI=1S/C18H15S.C13H18F2O6S/c1-4-10-16(11-5-1)19(17-12-6-2-7-13-17)18-14-8-3-9-15-18;14-13(15,22(18,19)20)10(16)21-7-11-2-8-1-9(3-11)5-12(17,4-8)6-11/h1-15H;8-9,17H,1-7H2,(H,18,19,20)/q+1;. The maximum Gasteiger partial charge on any atom is 0.465 e. The van der Waals surface area contributed by atoms with Gasteiger partial charge >= 0.3 is 21.3 Å². The van der Waals surface area contributed by atoms with Gasteiger partial charge in [-0.15, -0.1) is 0 Å². The van der Waals surface area contributed by atoms with E-state index in [1.54, 1.807) is 0 Å². The summed E-state index contributed by atoms with van der Waals surface area (Å²) in [5.74, 6) is -1.70. The van der Waals surface area contributed by atoms with Crippen molar-refractivity contribution in [3.05, 3.63) is 91.0 Å². The van der Waals surface area contributed by atoms with Gasteiger partial charge in [-0.1, -0.05) is 54.6 Å². The van der Waals surface area contributed by atoms with Crippen LogP contribution in [0.5, 0.6) is 0 Å². The number of ether oxygens (including phenoxy) is 1. The number of rotatable bonds is 7. The summed E-state index contributed by atoms with van der Waals surface area (Å²) in [5, 5.41) is 5.53. The van der Waals surface area contributed by atoms with Gasteiger partial charge in [0.1, 0.15) is 0 Å². The quantitative estimate of drug-likeness (QED) is 0.192. The number of halogens is 2. The SMILES string of the molecule is O=C(OCC12CC3CC(CC(O)(C3)C1)C2)C(F)(F)S(=O)(=O)O.c1ccc([S+](c2ccccc2)c2ccccc2)cc1. The lowest BCUT2D eigenvalue weighted by atomic mass is 9.48. The van der Waals surface area contributed by atoms with E-state index in [1.807, 2.05) is 0 Å². The lowest BCUT2D eigenvalue weighted by molar-refractivity contribution is -0.193. The van der Waals surface area contributed by atoms with E-state index in [0.717, 1.165) is 6.42 Å². The zero-order valence-corrected chi connectivity index (χ0v) is 24.0. The molecule has 4 fully saturated rings.